The number of alkyl halides is 1. The molecule has 0 spiro atoms. The highest BCUT2D eigenvalue weighted by Crippen LogP contribution is 2.43. The number of ether oxygens (including phenoxy) is 1. The van der Waals surface area contributed by atoms with Crippen molar-refractivity contribution in [3.05, 3.63) is 47.7 Å². The molecule has 2 N–H and O–H groups in total. The summed E-state index contributed by atoms with van der Waals surface area (Å²) >= 11 is 6.34. The van der Waals surface area contributed by atoms with Crippen LogP contribution < -0.4 is 19.9 Å². The summed E-state index contributed by atoms with van der Waals surface area (Å²) < 4.78 is 6.58. The van der Waals surface area contributed by atoms with Gasteiger partial charge in [-0.3, -0.25) is 4.90 Å². The minimum absolute atomic E-state index is 0.0552. The first kappa shape index (κ1) is 25.9. The van der Waals surface area contributed by atoms with Gasteiger partial charge < -0.3 is 25.0 Å². The minimum Gasteiger partial charge on any atom is -0.508 e. The van der Waals surface area contributed by atoms with Gasteiger partial charge in [0.15, 0.2) is 0 Å². The van der Waals surface area contributed by atoms with E-state index >= 15 is 0 Å². The molecule has 4 saturated heterocycles. The average Bonchev–Trinajstić information content (AvgIpc) is 3.67. The summed E-state index contributed by atoms with van der Waals surface area (Å²) in [5, 5.41) is 16.5. The molecule has 2 aromatic carbocycles. The standard InChI is InChI=1S/C32H39ClN6O2/c33-16-24-8-11-32(10-3-12-39(24)32)20-41-31-35-28-19-37(29-15-25(40)14-21-4-1-2-5-26(21)29)13-9-27(28)30(36-31)38-17-22-6-7-23(18-38)34-22/h1-2,4-5,14-15,22-24,34,40H,3,6-13,16-20H2. The van der Waals surface area contributed by atoms with Crippen LogP contribution in [0.4, 0.5) is 11.5 Å². The number of nitrogens with one attached hydrogen (secondary N) is 1. The van der Waals surface area contributed by atoms with Crippen LogP contribution in [0.1, 0.15) is 49.8 Å². The summed E-state index contributed by atoms with van der Waals surface area (Å²) in [5.41, 5.74) is 3.40. The van der Waals surface area contributed by atoms with Gasteiger partial charge in [-0.2, -0.15) is 9.97 Å². The second kappa shape index (κ2) is 10.2. The van der Waals surface area contributed by atoms with Crippen LogP contribution in [-0.4, -0.2) is 82.3 Å². The van der Waals surface area contributed by atoms with Crippen LogP contribution in [0.15, 0.2) is 36.4 Å². The molecule has 8 nitrogen and oxygen atoms in total. The zero-order valence-electron chi connectivity index (χ0n) is 23.6. The predicted molar refractivity (Wildman–Crippen MR) is 162 cm³/mol. The number of fused-ring (bicyclic) bond motifs is 5. The number of anilines is 2. The smallest absolute Gasteiger partial charge is 0.318 e. The number of aromatic nitrogens is 2. The van der Waals surface area contributed by atoms with E-state index in [2.05, 4.69) is 38.2 Å². The first-order chi connectivity index (χ1) is 20.1. The van der Waals surface area contributed by atoms with Gasteiger partial charge in [-0.05, 0) is 62.9 Å². The third-order valence-corrected chi connectivity index (χ3v) is 10.7. The molecule has 216 valence electrons. The highest BCUT2D eigenvalue weighted by atomic mass is 35.5. The topological polar surface area (TPSA) is 77.0 Å². The van der Waals surface area contributed by atoms with E-state index in [9.17, 15) is 5.11 Å². The molecule has 41 heavy (non-hydrogen) atoms. The van der Waals surface area contributed by atoms with Gasteiger partial charge in [-0.1, -0.05) is 24.3 Å². The molecule has 5 aliphatic rings. The Morgan fingerprint density at radius 1 is 1.02 bits per heavy atom. The van der Waals surface area contributed by atoms with Crippen LogP contribution in [0.25, 0.3) is 10.8 Å². The van der Waals surface area contributed by atoms with Crippen LogP contribution in [0, 0.1) is 0 Å². The molecule has 3 aromatic rings. The fraction of sp³-hybridized carbons (Fsp3) is 0.562. The van der Waals surface area contributed by atoms with Crippen LogP contribution in [0.5, 0.6) is 11.8 Å². The number of hydrogen-bond donors (Lipinski definition) is 2. The van der Waals surface area contributed by atoms with Crippen molar-refractivity contribution < 1.29 is 9.84 Å². The van der Waals surface area contributed by atoms with E-state index in [1.807, 2.05) is 18.2 Å². The van der Waals surface area contributed by atoms with E-state index in [4.69, 9.17) is 26.3 Å². The van der Waals surface area contributed by atoms with Crippen LogP contribution in [0.2, 0.25) is 0 Å². The van der Waals surface area contributed by atoms with E-state index in [1.165, 1.54) is 24.8 Å². The number of phenolic OH excluding ortho intramolecular Hbond substituents is 1. The summed E-state index contributed by atoms with van der Waals surface area (Å²) in [6.45, 7) is 5.21. The SMILES string of the molecule is Oc1cc(N2CCc3c(nc(OCC45CCCN4C(CCl)CC5)nc3N3CC4CCC(C3)N4)C2)c2ccccc2c1. The van der Waals surface area contributed by atoms with Crippen molar-refractivity contribution in [3.8, 4) is 11.8 Å². The Kier molecular flexibility index (Phi) is 6.42. The first-order valence-electron chi connectivity index (χ1n) is 15.4. The Bertz CT molecular complexity index is 1460. The second-order valence-corrected chi connectivity index (χ2v) is 13.1. The number of phenols is 1. The Hall–Kier alpha value is -2.81. The Balaban J connectivity index is 1.13. The third-order valence-electron chi connectivity index (χ3n) is 10.4. The quantitative estimate of drug-likeness (QED) is 0.418. The normalized spacial score (nSPS) is 29.2. The molecule has 0 radical (unpaired) electrons. The van der Waals surface area contributed by atoms with Crippen molar-refractivity contribution in [1.29, 1.82) is 0 Å². The number of hydrogen-bond acceptors (Lipinski definition) is 8. The van der Waals surface area contributed by atoms with Gasteiger partial charge in [0.2, 0.25) is 0 Å². The van der Waals surface area contributed by atoms with Gasteiger partial charge in [0, 0.05) is 66.3 Å². The van der Waals surface area contributed by atoms with Crippen molar-refractivity contribution in [1.82, 2.24) is 20.2 Å². The summed E-state index contributed by atoms with van der Waals surface area (Å²) in [7, 11) is 0. The maximum atomic E-state index is 10.5. The fourth-order valence-electron chi connectivity index (χ4n) is 8.40. The Morgan fingerprint density at radius 3 is 2.73 bits per heavy atom. The molecular weight excluding hydrogens is 536 g/mol. The third kappa shape index (κ3) is 4.50. The van der Waals surface area contributed by atoms with E-state index in [0.29, 0.717) is 48.9 Å². The van der Waals surface area contributed by atoms with Crippen molar-refractivity contribution in [2.45, 2.75) is 75.2 Å². The van der Waals surface area contributed by atoms with Crippen LogP contribution in [-0.2, 0) is 13.0 Å². The van der Waals surface area contributed by atoms with Gasteiger partial charge in [0.1, 0.15) is 18.2 Å². The van der Waals surface area contributed by atoms with Gasteiger partial charge in [0.25, 0.3) is 0 Å². The van der Waals surface area contributed by atoms with Gasteiger partial charge >= 0.3 is 6.01 Å². The summed E-state index contributed by atoms with van der Waals surface area (Å²) in [4.78, 5) is 17.7. The molecule has 0 amide bonds. The lowest BCUT2D eigenvalue weighted by molar-refractivity contribution is 0.0892. The first-order valence-corrected chi connectivity index (χ1v) is 15.9. The van der Waals surface area contributed by atoms with E-state index < -0.39 is 0 Å². The van der Waals surface area contributed by atoms with E-state index in [-0.39, 0.29) is 5.54 Å². The number of piperazine rings is 1. The van der Waals surface area contributed by atoms with E-state index in [0.717, 1.165) is 79.8 Å². The maximum Gasteiger partial charge on any atom is 0.318 e. The monoisotopic (exact) mass is 574 g/mol. The molecule has 8 rings (SSSR count). The van der Waals surface area contributed by atoms with Crippen molar-refractivity contribution in [2.75, 3.05) is 48.5 Å². The zero-order chi connectivity index (χ0) is 27.6. The second-order valence-electron chi connectivity index (χ2n) is 12.8. The maximum absolute atomic E-state index is 10.5. The minimum atomic E-state index is 0.0552. The lowest BCUT2D eigenvalue weighted by Gasteiger charge is -2.38. The molecule has 0 saturated carbocycles. The molecule has 4 fully saturated rings. The molecule has 9 heteroatoms. The number of nitrogens with zero attached hydrogens (tertiary/aromatic N) is 5. The molecule has 4 unspecified atom stereocenters. The Morgan fingerprint density at radius 2 is 1.88 bits per heavy atom. The highest BCUT2D eigenvalue weighted by molar-refractivity contribution is 6.18. The number of aromatic hydroxyl groups is 1. The molecule has 1 aromatic heterocycles. The summed E-state index contributed by atoms with van der Waals surface area (Å²) in [6, 6.07) is 14.0. The Labute approximate surface area is 246 Å². The number of halogens is 1. The molecule has 2 bridgehead atoms. The van der Waals surface area contributed by atoms with Crippen molar-refractivity contribution in [2.24, 2.45) is 0 Å². The molecule has 5 aliphatic heterocycles. The fourth-order valence-corrected chi connectivity index (χ4v) is 8.72. The molecule has 6 heterocycles. The summed E-state index contributed by atoms with van der Waals surface area (Å²) in [6.07, 6.45) is 7.94. The number of benzene rings is 2. The van der Waals surface area contributed by atoms with Crippen molar-refractivity contribution >= 4 is 33.9 Å². The zero-order valence-corrected chi connectivity index (χ0v) is 24.3. The summed E-state index contributed by atoms with van der Waals surface area (Å²) in [5.74, 6) is 2.04. The van der Waals surface area contributed by atoms with Gasteiger partial charge in [-0.15, -0.1) is 11.6 Å². The largest absolute Gasteiger partial charge is 0.508 e. The highest BCUT2D eigenvalue weighted by Gasteiger charge is 2.49. The lowest BCUT2D eigenvalue weighted by atomic mass is 9.95. The average molecular weight is 575 g/mol. The molecule has 0 aliphatic carbocycles. The lowest BCUT2D eigenvalue weighted by Crippen LogP contribution is -2.52. The van der Waals surface area contributed by atoms with Crippen LogP contribution >= 0.6 is 11.6 Å². The van der Waals surface area contributed by atoms with Crippen LogP contribution in [0.3, 0.4) is 0 Å². The number of rotatable bonds is 6. The van der Waals surface area contributed by atoms with Gasteiger partial charge in [0.05, 0.1) is 17.8 Å². The van der Waals surface area contributed by atoms with Crippen molar-refractivity contribution in [3.63, 3.8) is 0 Å². The molecular formula is C32H39ClN6O2. The van der Waals surface area contributed by atoms with E-state index in [1.54, 1.807) is 0 Å². The predicted octanol–water partition coefficient (Wildman–Crippen LogP) is 4.45. The molecule has 4 atom stereocenters. The van der Waals surface area contributed by atoms with Gasteiger partial charge in [-0.25, -0.2) is 0 Å².